The SMILES string of the molecule is COc1cccc(CC(=O)N2c3ccccc3[C@@H](C(N)=O)C[C@H]2C)c1. The van der Waals surface area contributed by atoms with Gasteiger partial charge in [0, 0.05) is 11.7 Å². The summed E-state index contributed by atoms with van der Waals surface area (Å²) in [6.45, 7) is 1.95. The predicted molar refractivity (Wildman–Crippen MR) is 96.6 cm³/mol. The Balaban J connectivity index is 1.91. The number of amides is 2. The van der Waals surface area contributed by atoms with Crippen molar-refractivity contribution in [1.29, 1.82) is 0 Å². The number of carbonyl (C=O) groups excluding carboxylic acids is 2. The predicted octanol–water partition coefficient (Wildman–Crippen LogP) is 2.63. The first-order valence-electron chi connectivity index (χ1n) is 8.34. The topological polar surface area (TPSA) is 72.6 Å². The first-order valence-corrected chi connectivity index (χ1v) is 8.34. The fourth-order valence-corrected chi connectivity index (χ4v) is 3.50. The first-order chi connectivity index (χ1) is 12.0. The molecule has 0 bridgehead atoms. The minimum Gasteiger partial charge on any atom is -0.497 e. The van der Waals surface area contributed by atoms with Crippen molar-refractivity contribution in [2.24, 2.45) is 5.73 Å². The molecule has 0 aliphatic carbocycles. The van der Waals surface area contributed by atoms with E-state index in [1.54, 1.807) is 12.0 Å². The fraction of sp³-hybridized carbons (Fsp3) is 0.300. The van der Waals surface area contributed by atoms with Gasteiger partial charge in [0.1, 0.15) is 5.75 Å². The fourth-order valence-electron chi connectivity index (χ4n) is 3.50. The second-order valence-electron chi connectivity index (χ2n) is 6.39. The van der Waals surface area contributed by atoms with E-state index in [9.17, 15) is 9.59 Å². The van der Waals surface area contributed by atoms with Crippen LogP contribution in [0.5, 0.6) is 5.75 Å². The van der Waals surface area contributed by atoms with E-state index in [0.717, 1.165) is 22.6 Å². The van der Waals surface area contributed by atoms with E-state index in [-0.39, 0.29) is 30.2 Å². The van der Waals surface area contributed by atoms with Gasteiger partial charge in [0.2, 0.25) is 11.8 Å². The van der Waals surface area contributed by atoms with Crippen LogP contribution in [0.4, 0.5) is 5.69 Å². The highest BCUT2D eigenvalue weighted by molar-refractivity contribution is 5.98. The Morgan fingerprint density at radius 3 is 2.68 bits per heavy atom. The molecule has 0 saturated heterocycles. The van der Waals surface area contributed by atoms with E-state index in [4.69, 9.17) is 10.5 Å². The van der Waals surface area contributed by atoms with Gasteiger partial charge in [-0.2, -0.15) is 0 Å². The molecule has 25 heavy (non-hydrogen) atoms. The average molecular weight is 338 g/mol. The Morgan fingerprint density at radius 2 is 1.96 bits per heavy atom. The van der Waals surface area contributed by atoms with Crippen LogP contribution in [0.15, 0.2) is 48.5 Å². The van der Waals surface area contributed by atoms with E-state index >= 15 is 0 Å². The summed E-state index contributed by atoms with van der Waals surface area (Å²) in [6, 6.07) is 14.9. The molecule has 3 rings (SSSR count). The zero-order chi connectivity index (χ0) is 18.0. The van der Waals surface area contributed by atoms with Gasteiger partial charge in [-0.25, -0.2) is 0 Å². The van der Waals surface area contributed by atoms with Crippen LogP contribution in [0.3, 0.4) is 0 Å². The van der Waals surface area contributed by atoms with Gasteiger partial charge in [0.25, 0.3) is 0 Å². The zero-order valence-corrected chi connectivity index (χ0v) is 14.4. The second-order valence-corrected chi connectivity index (χ2v) is 6.39. The molecule has 0 spiro atoms. The summed E-state index contributed by atoms with van der Waals surface area (Å²) in [5.74, 6) is 0.0218. The van der Waals surface area contributed by atoms with Crippen molar-refractivity contribution in [3.63, 3.8) is 0 Å². The average Bonchev–Trinajstić information content (AvgIpc) is 2.60. The number of rotatable bonds is 4. The molecule has 0 aromatic heterocycles. The molecule has 1 aliphatic heterocycles. The number of para-hydroxylation sites is 1. The summed E-state index contributed by atoms with van der Waals surface area (Å²) >= 11 is 0. The Hall–Kier alpha value is -2.82. The van der Waals surface area contributed by atoms with Gasteiger partial charge in [0.05, 0.1) is 19.4 Å². The van der Waals surface area contributed by atoms with E-state index in [1.165, 1.54) is 0 Å². The third kappa shape index (κ3) is 3.36. The van der Waals surface area contributed by atoms with Gasteiger partial charge in [-0.1, -0.05) is 30.3 Å². The second kappa shape index (κ2) is 6.97. The molecular weight excluding hydrogens is 316 g/mol. The Labute approximate surface area is 147 Å². The van der Waals surface area contributed by atoms with E-state index < -0.39 is 0 Å². The van der Waals surface area contributed by atoms with Crippen molar-refractivity contribution in [3.8, 4) is 5.75 Å². The van der Waals surface area contributed by atoms with Crippen LogP contribution in [0.25, 0.3) is 0 Å². The molecule has 0 unspecified atom stereocenters. The lowest BCUT2D eigenvalue weighted by Gasteiger charge is -2.38. The van der Waals surface area contributed by atoms with Crippen LogP contribution in [0.1, 0.15) is 30.4 Å². The molecule has 5 nitrogen and oxygen atoms in total. The number of primary amides is 1. The Morgan fingerprint density at radius 1 is 1.20 bits per heavy atom. The molecule has 2 aromatic carbocycles. The molecule has 1 heterocycles. The van der Waals surface area contributed by atoms with Crippen molar-refractivity contribution in [2.45, 2.75) is 31.7 Å². The van der Waals surface area contributed by atoms with Crippen LogP contribution >= 0.6 is 0 Å². The van der Waals surface area contributed by atoms with Crippen molar-refractivity contribution in [2.75, 3.05) is 12.0 Å². The van der Waals surface area contributed by atoms with Gasteiger partial charge in [-0.3, -0.25) is 9.59 Å². The highest BCUT2D eigenvalue weighted by Crippen LogP contribution is 2.38. The molecular formula is C20H22N2O3. The van der Waals surface area contributed by atoms with Gasteiger partial charge >= 0.3 is 0 Å². The Bertz CT molecular complexity index is 803. The number of methoxy groups -OCH3 is 1. The molecule has 0 fully saturated rings. The first kappa shape index (κ1) is 17.0. The summed E-state index contributed by atoms with van der Waals surface area (Å²) in [4.78, 5) is 26.6. The largest absolute Gasteiger partial charge is 0.497 e. The van der Waals surface area contributed by atoms with Gasteiger partial charge in [0.15, 0.2) is 0 Å². The lowest BCUT2D eigenvalue weighted by atomic mass is 9.85. The summed E-state index contributed by atoms with van der Waals surface area (Å²) < 4.78 is 5.22. The lowest BCUT2D eigenvalue weighted by molar-refractivity contribution is -0.121. The maximum atomic E-state index is 13.0. The van der Waals surface area contributed by atoms with Gasteiger partial charge in [-0.15, -0.1) is 0 Å². The quantitative estimate of drug-likeness (QED) is 0.931. The van der Waals surface area contributed by atoms with Crippen LogP contribution in [0.2, 0.25) is 0 Å². The van der Waals surface area contributed by atoms with Gasteiger partial charge in [-0.05, 0) is 42.7 Å². The molecule has 2 N–H and O–H groups in total. The number of ether oxygens (including phenoxy) is 1. The lowest BCUT2D eigenvalue weighted by Crippen LogP contribution is -2.45. The highest BCUT2D eigenvalue weighted by Gasteiger charge is 2.35. The maximum Gasteiger partial charge on any atom is 0.231 e. The normalized spacial score (nSPS) is 19.2. The molecule has 2 amide bonds. The van der Waals surface area contributed by atoms with E-state index in [0.29, 0.717) is 6.42 Å². The number of hydrogen-bond acceptors (Lipinski definition) is 3. The number of nitrogens with zero attached hydrogens (tertiary/aromatic N) is 1. The number of nitrogens with two attached hydrogens (primary N) is 1. The number of benzene rings is 2. The van der Waals surface area contributed by atoms with Gasteiger partial charge < -0.3 is 15.4 Å². The minimum absolute atomic E-state index is 0.00359. The van der Waals surface area contributed by atoms with Crippen molar-refractivity contribution >= 4 is 17.5 Å². The third-order valence-electron chi connectivity index (χ3n) is 4.69. The molecule has 130 valence electrons. The third-order valence-corrected chi connectivity index (χ3v) is 4.69. The van der Waals surface area contributed by atoms with Crippen LogP contribution < -0.4 is 15.4 Å². The minimum atomic E-state index is -0.355. The van der Waals surface area contributed by atoms with Crippen LogP contribution in [0, 0.1) is 0 Å². The summed E-state index contributed by atoms with van der Waals surface area (Å²) in [5, 5.41) is 0. The zero-order valence-electron chi connectivity index (χ0n) is 14.4. The van der Waals surface area contributed by atoms with Crippen LogP contribution in [-0.2, 0) is 16.0 Å². The van der Waals surface area contributed by atoms with E-state index in [1.807, 2.05) is 55.5 Å². The summed E-state index contributed by atoms with van der Waals surface area (Å²) in [7, 11) is 1.61. The van der Waals surface area contributed by atoms with Crippen LogP contribution in [-0.4, -0.2) is 25.0 Å². The number of fused-ring (bicyclic) bond motifs is 1. The molecule has 0 saturated carbocycles. The molecule has 2 aromatic rings. The van der Waals surface area contributed by atoms with E-state index in [2.05, 4.69) is 0 Å². The maximum absolute atomic E-state index is 13.0. The van der Waals surface area contributed by atoms with Crippen molar-refractivity contribution in [3.05, 3.63) is 59.7 Å². The smallest absolute Gasteiger partial charge is 0.231 e. The summed E-state index contributed by atoms with van der Waals surface area (Å²) in [5.41, 5.74) is 8.06. The highest BCUT2D eigenvalue weighted by atomic mass is 16.5. The standard InChI is InChI=1S/C20H22N2O3/c1-13-10-17(20(21)24)16-8-3-4-9-18(16)22(13)19(23)12-14-6-5-7-15(11-14)25-2/h3-9,11,13,17H,10,12H2,1-2H3,(H2,21,24)/t13-,17+/m1/s1. The molecule has 1 aliphatic rings. The molecule has 0 radical (unpaired) electrons. The monoisotopic (exact) mass is 338 g/mol. The molecule has 5 heteroatoms. The Kier molecular flexibility index (Phi) is 4.74. The summed E-state index contributed by atoms with van der Waals surface area (Å²) in [6.07, 6.45) is 0.813. The number of carbonyl (C=O) groups is 2. The number of hydrogen-bond donors (Lipinski definition) is 1. The molecule has 2 atom stereocenters. The van der Waals surface area contributed by atoms with Crippen molar-refractivity contribution < 1.29 is 14.3 Å². The number of anilines is 1. The van der Waals surface area contributed by atoms with Crippen molar-refractivity contribution in [1.82, 2.24) is 0 Å².